The van der Waals surface area contributed by atoms with E-state index in [4.69, 9.17) is 0 Å². The summed E-state index contributed by atoms with van der Waals surface area (Å²) in [5.41, 5.74) is 0.247. The molecule has 34 heavy (non-hydrogen) atoms. The van der Waals surface area contributed by atoms with E-state index in [9.17, 15) is 23.9 Å². The zero-order valence-corrected chi connectivity index (χ0v) is 19.1. The third-order valence-corrected chi connectivity index (χ3v) is 6.21. The molecule has 1 fully saturated rings. The van der Waals surface area contributed by atoms with Crippen molar-refractivity contribution in [3.8, 4) is 5.75 Å². The molecule has 0 spiro atoms. The number of rotatable bonds is 6. The van der Waals surface area contributed by atoms with Gasteiger partial charge in [0.2, 0.25) is 5.75 Å². The van der Waals surface area contributed by atoms with Gasteiger partial charge >= 0.3 is 0 Å². The Balaban J connectivity index is 1.65. The van der Waals surface area contributed by atoms with Crippen molar-refractivity contribution < 1.29 is 19.1 Å². The van der Waals surface area contributed by atoms with Crippen molar-refractivity contribution >= 4 is 11.7 Å². The van der Waals surface area contributed by atoms with E-state index in [1.807, 2.05) is 13.0 Å². The SMILES string of the molecule is C[C@@H]1C[C@@H](c2nc(C(=O)CCc3ccc(F)cc3)c(O)c(=O)n2C)N(C(=O)c2ccccc2)C1. The molecule has 4 rings (SSSR count). The fourth-order valence-corrected chi connectivity index (χ4v) is 4.39. The minimum Gasteiger partial charge on any atom is -0.501 e. The lowest BCUT2D eigenvalue weighted by Crippen LogP contribution is -2.35. The Labute approximate surface area is 196 Å². The summed E-state index contributed by atoms with van der Waals surface area (Å²) < 4.78 is 14.3. The maximum atomic E-state index is 13.2. The fraction of sp³-hybridized carbons (Fsp3) is 0.308. The monoisotopic (exact) mass is 463 g/mol. The molecule has 0 bridgehead atoms. The fourth-order valence-electron chi connectivity index (χ4n) is 4.39. The molecule has 0 aliphatic carbocycles. The Morgan fingerprint density at radius 2 is 1.79 bits per heavy atom. The van der Waals surface area contributed by atoms with Crippen molar-refractivity contribution in [2.45, 2.75) is 32.2 Å². The summed E-state index contributed by atoms with van der Waals surface area (Å²) >= 11 is 0. The number of ketones is 1. The van der Waals surface area contributed by atoms with E-state index in [0.29, 0.717) is 24.9 Å². The normalized spacial score (nSPS) is 17.7. The lowest BCUT2D eigenvalue weighted by molar-refractivity contribution is 0.0723. The number of hydrogen-bond acceptors (Lipinski definition) is 5. The van der Waals surface area contributed by atoms with Crippen LogP contribution in [-0.2, 0) is 13.5 Å². The Bertz CT molecular complexity index is 1270. The predicted molar refractivity (Wildman–Crippen MR) is 124 cm³/mol. The largest absolute Gasteiger partial charge is 0.501 e. The molecule has 1 amide bonds. The molecular formula is C26H26FN3O4. The molecule has 1 saturated heterocycles. The van der Waals surface area contributed by atoms with Gasteiger partial charge in [-0.25, -0.2) is 9.37 Å². The van der Waals surface area contributed by atoms with Crippen LogP contribution in [0.3, 0.4) is 0 Å². The van der Waals surface area contributed by atoms with Gasteiger partial charge in [-0.2, -0.15) is 0 Å². The first-order valence-electron chi connectivity index (χ1n) is 11.2. The third-order valence-electron chi connectivity index (χ3n) is 6.21. The van der Waals surface area contributed by atoms with Gasteiger partial charge in [0.1, 0.15) is 11.6 Å². The number of likely N-dealkylation sites (tertiary alicyclic amines) is 1. The third kappa shape index (κ3) is 4.62. The Morgan fingerprint density at radius 3 is 2.47 bits per heavy atom. The number of aromatic nitrogens is 2. The highest BCUT2D eigenvalue weighted by molar-refractivity contribution is 5.97. The van der Waals surface area contributed by atoms with E-state index in [1.54, 1.807) is 41.3 Å². The number of carbonyl (C=O) groups excluding carboxylic acids is 2. The van der Waals surface area contributed by atoms with Gasteiger partial charge in [-0.1, -0.05) is 37.3 Å². The lowest BCUT2D eigenvalue weighted by atomic mass is 10.0. The molecule has 1 aliphatic heterocycles. The summed E-state index contributed by atoms with van der Waals surface area (Å²) in [4.78, 5) is 45.0. The van der Waals surface area contributed by atoms with Gasteiger partial charge in [-0.15, -0.1) is 0 Å². The van der Waals surface area contributed by atoms with Crippen molar-refractivity contribution in [1.82, 2.24) is 14.5 Å². The van der Waals surface area contributed by atoms with Crippen LogP contribution in [0.2, 0.25) is 0 Å². The minimum absolute atomic E-state index is 0.00741. The summed E-state index contributed by atoms with van der Waals surface area (Å²) in [7, 11) is 1.48. The van der Waals surface area contributed by atoms with Crippen molar-refractivity contribution in [2.24, 2.45) is 13.0 Å². The molecule has 1 aliphatic rings. The van der Waals surface area contributed by atoms with E-state index < -0.39 is 23.1 Å². The second-order valence-electron chi connectivity index (χ2n) is 8.76. The molecule has 0 radical (unpaired) electrons. The molecule has 2 aromatic carbocycles. The van der Waals surface area contributed by atoms with E-state index in [0.717, 1.165) is 5.56 Å². The van der Waals surface area contributed by atoms with Crippen LogP contribution < -0.4 is 5.56 Å². The van der Waals surface area contributed by atoms with Crippen LogP contribution in [0.5, 0.6) is 5.75 Å². The van der Waals surface area contributed by atoms with Crippen LogP contribution in [0.25, 0.3) is 0 Å². The zero-order chi connectivity index (χ0) is 24.4. The number of aryl methyl sites for hydroxylation is 1. The second kappa shape index (κ2) is 9.59. The van der Waals surface area contributed by atoms with E-state index >= 15 is 0 Å². The number of aromatic hydroxyl groups is 1. The van der Waals surface area contributed by atoms with Crippen molar-refractivity contribution in [3.05, 3.63) is 93.4 Å². The molecule has 3 aromatic rings. The maximum absolute atomic E-state index is 13.2. The minimum atomic E-state index is -0.734. The lowest BCUT2D eigenvalue weighted by Gasteiger charge is -2.26. The average molecular weight is 464 g/mol. The Morgan fingerprint density at radius 1 is 1.12 bits per heavy atom. The highest BCUT2D eigenvalue weighted by atomic mass is 19.1. The molecule has 0 unspecified atom stereocenters. The van der Waals surface area contributed by atoms with Crippen molar-refractivity contribution in [2.75, 3.05) is 6.54 Å². The number of amides is 1. The number of Topliss-reactive ketones (excluding diaryl/α,β-unsaturated/α-hetero) is 1. The van der Waals surface area contributed by atoms with E-state index in [2.05, 4.69) is 4.98 Å². The molecule has 176 valence electrons. The number of hydrogen-bond donors (Lipinski definition) is 1. The summed E-state index contributed by atoms with van der Waals surface area (Å²) in [6.45, 7) is 2.50. The van der Waals surface area contributed by atoms with E-state index in [1.165, 1.54) is 23.7 Å². The van der Waals surface area contributed by atoms with Gasteiger partial charge in [0.25, 0.3) is 11.5 Å². The van der Waals surface area contributed by atoms with E-state index in [-0.39, 0.29) is 35.6 Å². The first-order chi connectivity index (χ1) is 16.3. The number of nitrogens with zero attached hydrogens (tertiary/aromatic N) is 3. The standard InChI is InChI=1S/C26H26FN3O4/c1-16-14-20(30(15-16)25(33)18-6-4-3-5-7-18)24-28-22(23(32)26(34)29(24)2)21(31)13-10-17-8-11-19(27)12-9-17/h3-9,11-12,16,20,32H,10,13-15H2,1-2H3/t16-,20+/m1/s1. The molecule has 2 heterocycles. The van der Waals surface area contributed by atoms with Crippen LogP contribution in [0.15, 0.2) is 59.4 Å². The van der Waals surface area contributed by atoms with Crippen LogP contribution in [0.4, 0.5) is 4.39 Å². The predicted octanol–water partition coefficient (Wildman–Crippen LogP) is 3.66. The first kappa shape index (κ1) is 23.4. The summed E-state index contributed by atoms with van der Waals surface area (Å²) in [6.07, 6.45) is 0.878. The topological polar surface area (TPSA) is 92.5 Å². The quantitative estimate of drug-likeness (QED) is 0.563. The number of halogens is 1. The van der Waals surface area contributed by atoms with Crippen LogP contribution in [0, 0.1) is 11.7 Å². The van der Waals surface area contributed by atoms with Crippen LogP contribution in [-0.4, -0.2) is 37.8 Å². The number of carbonyl (C=O) groups is 2. The van der Waals surface area contributed by atoms with Gasteiger partial charge < -0.3 is 10.0 Å². The van der Waals surface area contributed by atoms with Gasteiger partial charge in [-0.3, -0.25) is 19.0 Å². The average Bonchev–Trinajstić information content (AvgIpc) is 3.23. The van der Waals surface area contributed by atoms with Crippen molar-refractivity contribution in [1.29, 1.82) is 0 Å². The Kier molecular flexibility index (Phi) is 6.58. The zero-order valence-electron chi connectivity index (χ0n) is 19.1. The molecule has 0 saturated carbocycles. The molecule has 1 N–H and O–H groups in total. The summed E-state index contributed by atoms with van der Waals surface area (Å²) in [5, 5.41) is 10.4. The molecule has 7 nitrogen and oxygen atoms in total. The summed E-state index contributed by atoms with van der Waals surface area (Å²) in [6, 6.07) is 14.1. The van der Waals surface area contributed by atoms with Gasteiger partial charge in [0.15, 0.2) is 11.5 Å². The number of benzene rings is 2. The van der Waals surface area contributed by atoms with Crippen molar-refractivity contribution in [3.63, 3.8) is 0 Å². The van der Waals surface area contributed by atoms with Gasteiger partial charge in [0, 0.05) is 25.6 Å². The highest BCUT2D eigenvalue weighted by Gasteiger charge is 2.38. The molecular weight excluding hydrogens is 437 g/mol. The maximum Gasteiger partial charge on any atom is 0.296 e. The molecule has 2 atom stereocenters. The van der Waals surface area contributed by atoms with Crippen LogP contribution >= 0.6 is 0 Å². The molecule has 1 aromatic heterocycles. The first-order valence-corrected chi connectivity index (χ1v) is 11.2. The van der Waals surface area contributed by atoms with Gasteiger partial charge in [-0.05, 0) is 48.6 Å². The molecule has 8 heteroatoms. The van der Waals surface area contributed by atoms with Crippen LogP contribution in [0.1, 0.15) is 58.0 Å². The highest BCUT2D eigenvalue weighted by Crippen LogP contribution is 2.35. The summed E-state index contributed by atoms with van der Waals surface area (Å²) in [5.74, 6) is -1.31. The Hall–Kier alpha value is -3.81. The second-order valence-corrected chi connectivity index (χ2v) is 8.76. The van der Waals surface area contributed by atoms with Gasteiger partial charge in [0.05, 0.1) is 6.04 Å². The smallest absolute Gasteiger partial charge is 0.296 e.